The van der Waals surface area contributed by atoms with E-state index >= 15 is 0 Å². The SMILES string of the molecule is COc1c(Oc2c(F)cccc2Cl)ncnc1OC1C2COCC1CN(C(=O)OC1(C)CC1)C2. The zero-order chi connectivity index (χ0) is 23.9. The highest BCUT2D eigenvalue weighted by Gasteiger charge is 2.47. The van der Waals surface area contributed by atoms with Crippen LogP contribution in [-0.2, 0) is 9.47 Å². The largest absolute Gasteiger partial charge is 0.487 e. The molecule has 1 amide bonds. The minimum atomic E-state index is -0.637. The van der Waals surface area contributed by atoms with Gasteiger partial charge in [-0.3, -0.25) is 0 Å². The summed E-state index contributed by atoms with van der Waals surface area (Å²) in [5.74, 6) is -0.739. The van der Waals surface area contributed by atoms with E-state index in [0.717, 1.165) is 12.8 Å². The van der Waals surface area contributed by atoms with E-state index in [0.29, 0.717) is 26.3 Å². The van der Waals surface area contributed by atoms with Crippen molar-refractivity contribution >= 4 is 17.7 Å². The molecule has 11 heteroatoms. The van der Waals surface area contributed by atoms with Crippen LogP contribution in [0, 0.1) is 17.7 Å². The van der Waals surface area contributed by atoms with Crippen molar-refractivity contribution in [3.63, 3.8) is 0 Å². The number of halogens is 2. The fourth-order valence-electron chi connectivity index (χ4n) is 4.27. The lowest BCUT2D eigenvalue weighted by atomic mass is 9.84. The third-order valence-electron chi connectivity index (χ3n) is 6.36. The van der Waals surface area contributed by atoms with Gasteiger partial charge in [0, 0.05) is 24.9 Å². The Morgan fingerprint density at radius 2 is 1.88 bits per heavy atom. The summed E-state index contributed by atoms with van der Waals surface area (Å²) in [5.41, 5.74) is -0.331. The number of rotatable bonds is 6. The van der Waals surface area contributed by atoms with Gasteiger partial charge in [-0.2, -0.15) is 9.97 Å². The van der Waals surface area contributed by atoms with Crippen LogP contribution in [0.15, 0.2) is 24.5 Å². The molecule has 0 N–H and O–H groups in total. The Morgan fingerprint density at radius 1 is 1.18 bits per heavy atom. The summed E-state index contributed by atoms with van der Waals surface area (Å²) in [6.45, 7) is 3.70. The summed E-state index contributed by atoms with van der Waals surface area (Å²) in [5, 5.41) is 0.0918. The molecule has 1 aromatic carbocycles. The van der Waals surface area contributed by atoms with Gasteiger partial charge in [-0.25, -0.2) is 9.18 Å². The molecule has 1 saturated carbocycles. The maximum Gasteiger partial charge on any atom is 0.410 e. The second kappa shape index (κ2) is 9.07. The Hall–Kier alpha value is -2.85. The number of benzene rings is 1. The average molecular weight is 494 g/mol. The van der Waals surface area contributed by atoms with Crippen LogP contribution in [0.5, 0.6) is 23.3 Å². The van der Waals surface area contributed by atoms with Gasteiger partial charge in [0.15, 0.2) is 11.6 Å². The topological polar surface area (TPSA) is 92.2 Å². The number of amides is 1. The number of nitrogens with zero attached hydrogens (tertiary/aromatic N) is 3. The van der Waals surface area contributed by atoms with Gasteiger partial charge in [0.05, 0.1) is 25.3 Å². The van der Waals surface area contributed by atoms with E-state index in [1.165, 1.54) is 31.6 Å². The Morgan fingerprint density at radius 3 is 2.53 bits per heavy atom. The highest BCUT2D eigenvalue weighted by atomic mass is 35.5. The van der Waals surface area contributed by atoms with E-state index in [-0.39, 0.29) is 57.9 Å². The van der Waals surface area contributed by atoms with Crippen LogP contribution in [0.1, 0.15) is 19.8 Å². The molecule has 3 heterocycles. The van der Waals surface area contributed by atoms with Gasteiger partial charge >= 0.3 is 6.09 Å². The Kier molecular flexibility index (Phi) is 6.11. The fraction of sp³-hybridized carbons (Fsp3) is 0.522. The first kappa shape index (κ1) is 22.9. The van der Waals surface area contributed by atoms with E-state index in [2.05, 4.69) is 9.97 Å². The number of hydrogen-bond acceptors (Lipinski definition) is 8. The van der Waals surface area contributed by atoms with Crippen molar-refractivity contribution < 1.29 is 32.9 Å². The van der Waals surface area contributed by atoms with Crippen LogP contribution < -0.4 is 14.2 Å². The lowest BCUT2D eigenvalue weighted by Crippen LogP contribution is -2.59. The highest BCUT2D eigenvalue weighted by Crippen LogP contribution is 2.42. The van der Waals surface area contributed by atoms with Gasteiger partial charge in [-0.1, -0.05) is 17.7 Å². The number of para-hydroxylation sites is 1. The summed E-state index contributed by atoms with van der Waals surface area (Å²) >= 11 is 6.08. The van der Waals surface area contributed by atoms with Gasteiger partial charge in [0.1, 0.15) is 18.0 Å². The van der Waals surface area contributed by atoms with E-state index in [1.807, 2.05) is 6.92 Å². The lowest BCUT2D eigenvalue weighted by molar-refractivity contribution is -0.112. The van der Waals surface area contributed by atoms with Crippen molar-refractivity contribution in [1.29, 1.82) is 0 Å². The van der Waals surface area contributed by atoms with Crippen LogP contribution >= 0.6 is 11.6 Å². The van der Waals surface area contributed by atoms with E-state index in [4.69, 9.17) is 35.3 Å². The Labute approximate surface area is 201 Å². The number of hydrogen-bond donors (Lipinski definition) is 0. The normalized spacial score (nSPS) is 24.8. The predicted octanol–water partition coefficient (Wildman–Crippen LogP) is 4.08. The van der Waals surface area contributed by atoms with E-state index in [1.54, 1.807) is 4.90 Å². The maximum absolute atomic E-state index is 14.2. The van der Waals surface area contributed by atoms with Crippen molar-refractivity contribution in [2.45, 2.75) is 31.5 Å². The molecule has 1 aliphatic carbocycles. The molecule has 0 spiro atoms. The zero-order valence-corrected chi connectivity index (χ0v) is 19.6. The number of aromatic nitrogens is 2. The highest BCUT2D eigenvalue weighted by molar-refractivity contribution is 6.32. The molecule has 5 rings (SSSR count). The van der Waals surface area contributed by atoms with E-state index in [9.17, 15) is 9.18 Å². The number of carbonyl (C=O) groups excluding carboxylic acids is 1. The fourth-order valence-corrected chi connectivity index (χ4v) is 4.48. The second-order valence-corrected chi connectivity index (χ2v) is 9.44. The zero-order valence-electron chi connectivity index (χ0n) is 18.8. The number of fused-ring (bicyclic) bond motifs is 2. The van der Waals surface area contributed by atoms with Crippen LogP contribution in [0.3, 0.4) is 0 Å². The first-order chi connectivity index (χ1) is 16.4. The first-order valence-corrected chi connectivity index (χ1v) is 11.5. The summed E-state index contributed by atoms with van der Waals surface area (Å²) in [4.78, 5) is 22.7. The molecule has 2 unspecified atom stereocenters. The Balaban J connectivity index is 1.34. The number of methoxy groups -OCH3 is 1. The van der Waals surface area contributed by atoms with Crippen molar-refractivity contribution in [3.05, 3.63) is 35.4 Å². The monoisotopic (exact) mass is 493 g/mol. The summed E-state index contributed by atoms with van der Waals surface area (Å²) < 4.78 is 43.0. The third kappa shape index (κ3) is 4.56. The molecule has 9 nitrogen and oxygen atoms in total. The van der Waals surface area contributed by atoms with E-state index < -0.39 is 5.82 Å². The van der Waals surface area contributed by atoms with Crippen molar-refractivity contribution in [2.24, 2.45) is 11.8 Å². The Bertz CT molecular complexity index is 1050. The maximum atomic E-state index is 14.2. The van der Waals surface area contributed by atoms with Gasteiger partial charge in [0.2, 0.25) is 5.75 Å². The number of piperidine rings is 1. The predicted molar refractivity (Wildman–Crippen MR) is 118 cm³/mol. The lowest BCUT2D eigenvalue weighted by Gasteiger charge is -2.46. The average Bonchev–Trinajstić information content (AvgIpc) is 3.52. The molecule has 2 aromatic rings. The summed E-state index contributed by atoms with van der Waals surface area (Å²) in [7, 11) is 1.42. The number of likely N-dealkylation sites (tertiary alicyclic amines) is 1. The number of ether oxygens (including phenoxy) is 5. The molecular weight excluding hydrogens is 469 g/mol. The molecule has 34 heavy (non-hydrogen) atoms. The minimum Gasteiger partial charge on any atom is -0.487 e. The summed E-state index contributed by atoms with van der Waals surface area (Å²) in [6.07, 6.45) is 2.46. The molecule has 2 atom stereocenters. The van der Waals surface area contributed by atoms with Crippen LogP contribution in [0.25, 0.3) is 0 Å². The molecular formula is C23H25ClFN3O6. The molecule has 2 bridgehead atoms. The second-order valence-electron chi connectivity index (χ2n) is 9.03. The molecule has 3 fully saturated rings. The quantitative estimate of drug-likeness (QED) is 0.594. The first-order valence-electron chi connectivity index (χ1n) is 11.1. The molecule has 2 saturated heterocycles. The van der Waals surface area contributed by atoms with Gasteiger partial charge in [-0.15, -0.1) is 0 Å². The van der Waals surface area contributed by atoms with Gasteiger partial charge < -0.3 is 28.6 Å². The molecule has 1 aromatic heterocycles. The summed E-state index contributed by atoms with van der Waals surface area (Å²) in [6, 6.07) is 4.22. The van der Waals surface area contributed by atoms with Crippen LogP contribution in [-0.4, -0.2) is 66.1 Å². The minimum absolute atomic E-state index is 0.0281. The smallest absolute Gasteiger partial charge is 0.410 e. The van der Waals surface area contributed by atoms with Crippen molar-refractivity contribution in [3.8, 4) is 23.3 Å². The number of carbonyl (C=O) groups is 1. The molecule has 3 aliphatic rings. The molecule has 182 valence electrons. The van der Waals surface area contributed by atoms with Crippen LogP contribution in [0.4, 0.5) is 9.18 Å². The van der Waals surface area contributed by atoms with Crippen LogP contribution in [0.2, 0.25) is 5.02 Å². The molecule has 0 radical (unpaired) electrons. The standard InChI is InChI=1S/C23H25ClFN3O6/c1-23(6-7-23)34-22(29)28-8-13-10-31-11-14(9-28)17(13)32-20-19(30-2)21(27-12-26-20)33-18-15(24)4-3-5-16(18)25/h3-5,12-14,17H,6-11H2,1-2H3. The van der Waals surface area contributed by atoms with Gasteiger partial charge in [-0.05, 0) is 31.9 Å². The third-order valence-corrected chi connectivity index (χ3v) is 6.65. The van der Waals surface area contributed by atoms with Gasteiger partial charge in [0.25, 0.3) is 11.8 Å². The van der Waals surface area contributed by atoms with Crippen molar-refractivity contribution in [2.75, 3.05) is 33.4 Å². The molecule has 2 aliphatic heterocycles. The van der Waals surface area contributed by atoms with Crippen molar-refractivity contribution in [1.82, 2.24) is 14.9 Å².